The van der Waals surface area contributed by atoms with E-state index in [1.165, 1.54) is 5.56 Å². The van der Waals surface area contributed by atoms with Crippen LogP contribution in [0.5, 0.6) is 0 Å². The van der Waals surface area contributed by atoms with Crippen molar-refractivity contribution in [3.63, 3.8) is 0 Å². The second kappa shape index (κ2) is 10.9. The van der Waals surface area contributed by atoms with Crippen LogP contribution in [0.2, 0.25) is 0 Å². The molecular formula is C15H28Cl2N4O2. The molecule has 1 aromatic rings. The Bertz CT molecular complexity index is 455. The lowest BCUT2D eigenvalue weighted by Gasteiger charge is -2.34. The van der Waals surface area contributed by atoms with Gasteiger partial charge in [-0.25, -0.2) is 0 Å². The number of piperazine rings is 1. The van der Waals surface area contributed by atoms with Crippen LogP contribution in [-0.4, -0.2) is 60.6 Å². The molecule has 2 rings (SSSR count). The third-order valence-corrected chi connectivity index (χ3v) is 4.11. The van der Waals surface area contributed by atoms with E-state index < -0.39 is 0 Å². The highest BCUT2D eigenvalue weighted by Gasteiger charge is 2.22. The quantitative estimate of drug-likeness (QED) is 0.777. The van der Waals surface area contributed by atoms with Crippen LogP contribution in [0.4, 0.5) is 0 Å². The third-order valence-electron chi connectivity index (χ3n) is 4.11. The summed E-state index contributed by atoms with van der Waals surface area (Å²) >= 11 is 0. The molecule has 0 radical (unpaired) electrons. The van der Waals surface area contributed by atoms with Crippen molar-refractivity contribution >= 4 is 30.7 Å². The van der Waals surface area contributed by atoms with Gasteiger partial charge in [-0.05, 0) is 33.9 Å². The summed E-state index contributed by atoms with van der Waals surface area (Å²) in [6.07, 6.45) is 1.55. The van der Waals surface area contributed by atoms with Gasteiger partial charge in [-0.15, -0.1) is 24.8 Å². The molecule has 8 heteroatoms. The average Bonchev–Trinajstić information content (AvgIpc) is 2.80. The predicted octanol–water partition coefficient (Wildman–Crippen LogP) is 1.78. The zero-order valence-electron chi connectivity index (χ0n) is 14.1. The van der Waals surface area contributed by atoms with Gasteiger partial charge >= 0.3 is 0 Å². The number of carbonyl (C=O) groups excluding carboxylic acids is 1. The summed E-state index contributed by atoms with van der Waals surface area (Å²) in [5.74, 6) is 1.18. The number of rotatable bonds is 6. The molecule has 0 bridgehead atoms. The molecular weight excluding hydrogens is 339 g/mol. The standard InChI is InChI=1S/C15H26N4O2.2ClH/c1-12-14(13(2)21-17-12)11-18-7-9-19(10-8-18)15(20)5-4-6-16-3;;/h16H,4-11H2,1-3H3;2*1H. The van der Waals surface area contributed by atoms with Crippen molar-refractivity contribution in [1.29, 1.82) is 0 Å². The van der Waals surface area contributed by atoms with E-state index >= 15 is 0 Å². The Labute approximate surface area is 150 Å². The van der Waals surface area contributed by atoms with Gasteiger partial charge in [-0.2, -0.15) is 0 Å². The van der Waals surface area contributed by atoms with Crippen molar-refractivity contribution in [2.24, 2.45) is 0 Å². The fourth-order valence-electron chi connectivity index (χ4n) is 2.68. The minimum absolute atomic E-state index is 0. The van der Waals surface area contributed by atoms with E-state index in [1.807, 2.05) is 25.8 Å². The molecule has 0 saturated carbocycles. The Balaban J connectivity index is 0.00000242. The lowest BCUT2D eigenvalue weighted by atomic mass is 10.1. The summed E-state index contributed by atoms with van der Waals surface area (Å²) in [6.45, 7) is 9.18. The molecule has 6 nitrogen and oxygen atoms in total. The summed E-state index contributed by atoms with van der Waals surface area (Å²) in [5.41, 5.74) is 2.15. The fourth-order valence-corrected chi connectivity index (χ4v) is 2.68. The van der Waals surface area contributed by atoms with Crippen LogP contribution in [-0.2, 0) is 11.3 Å². The van der Waals surface area contributed by atoms with Crippen molar-refractivity contribution in [2.75, 3.05) is 39.8 Å². The second-order valence-corrected chi connectivity index (χ2v) is 5.67. The van der Waals surface area contributed by atoms with Gasteiger partial charge in [0.05, 0.1) is 5.69 Å². The number of aromatic nitrogens is 1. The highest BCUT2D eigenvalue weighted by molar-refractivity contribution is 5.85. The van der Waals surface area contributed by atoms with E-state index in [9.17, 15) is 4.79 Å². The number of halogens is 2. The van der Waals surface area contributed by atoms with Gasteiger partial charge in [-0.1, -0.05) is 5.16 Å². The normalized spacial score (nSPS) is 15.0. The first kappa shape index (κ1) is 22.2. The number of aryl methyl sites for hydroxylation is 2. The molecule has 0 atom stereocenters. The first-order valence-corrected chi connectivity index (χ1v) is 7.68. The molecule has 0 unspecified atom stereocenters. The van der Waals surface area contributed by atoms with E-state index in [-0.39, 0.29) is 30.7 Å². The molecule has 1 saturated heterocycles. The van der Waals surface area contributed by atoms with Crippen LogP contribution in [0.25, 0.3) is 0 Å². The molecule has 23 heavy (non-hydrogen) atoms. The van der Waals surface area contributed by atoms with Gasteiger partial charge in [0.1, 0.15) is 5.76 Å². The molecule has 2 heterocycles. The predicted molar refractivity (Wildman–Crippen MR) is 95.5 cm³/mol. The minimum atomic E-state index is 0. The highest BCUT2D eigenvalue weighted by atomic mass is 35.5. The van der Waals surface area contributed by atoms with Crippen LogP contribution < -0.4 is 5.32 Å². The smallest absolute Gasteiger partial charge is 0.222 e. The van der Waals surface area contributed by atoms with E-state index in [2.05, 4.69) is 15.4 Å². The number of nitrogens with one attached hydrogen (secondary N) is 1. The van der Waals surface area contributed by atoms with Crippen molar-refractivity contribution in [3.8, 4) is 0 Å². The molecule has 1 N–H and O–H groups in total. The number of hydrogen-bond donors (Lipinski definition) is 1. The average molecular weight is 367 g/mol. The van der Waals surface area contributed by atoms with E-state index in [0.717, 1.165) is 57.1 Å². The van der Waals surface area contributed by atoms with Crippen LogP contribution >= 0.6 is 24.8 Å². The Morgan fingerprint density at radius 1 is 1.22 bits per heavy atom. The first-order chi connectivity index (χ1) is 10.1. The van der Waals surface area contributed by atoms with E-state index in [1.54, 1.807) is 0 Å². The van der Waals surface area contributed by atoms with Crippen molar-refractivity contribution in [1.82, 2.24) is 20.3 Å². The summed E-state index contributed by atoms with van der Waals surface area (Å²) in [4.78, 5) is 16.4. The van der Waals surface area contributed by atoms with Crippen molar-refractivity contribution in [2.45, 2.75) is 33.2 Å². The second-order valence-electron chi connectivity index (χ2n) is 5.67. The Kier molecular flexibility index (Phi) is 10.5. The SMILES string of the molecule is CNCCCC(=O)N1CCN(Cc2c(C)noc2C)CC1.Cl.Cl. The number of carbonyl (C=O) groups is 1. The van der Waals surface area contributed by atoms with Gasteiger partial charge in [0.2, 0.25) is 5.91 Å². The minimum Gasteiger partial charge on any atom is -0.361 e. The van der Waals surface area contributed by atoms with Crippen LogP contribution in [0.3, 0.4) is 0 Å². The summed E-state index contributed by atoms with van der Waals surface area (Å²) in [5, 5.41) is 7.07. The van der Waals surface area contributed by atoms with Crippen LogP contribution in [0.1, 0.15) is 29.9 Å². The summed E-state index contributed by atoms with van der Waals surface area (Å²) < 4.78 is 5.20. The maximum atomic E-state index is 12.1. The zero-order chi connectivity index (χ0) is 15.2. The molecule has 1 amide bonds. The van der Waals surface area contributed by atoms with Gasteiger partial charge in [0, 0.05) is 44.7 Å². The molecule has 0 spiro atoms. The van der Waals surface area contributed by atoms with Crippen LogP contribution in [0, 0.1) is 13.8 Å². The fraction of sp³-hybridized carbons (Fsp3) is 0.733. The summed E-state index contributed by atoms with van der Waals surface area (Å²) in [7, 11) is 1.91. The number of amides is 1. The topological polar surface area (TPSA) is 61.6 Å². The molecule has 1 aromatic heterocycles. The summed E-state index contributed by atoms with van der Waals surface area (Å²) in [6, 6.07) is 0. The van der Waals surface area contributed by atoms with Gasteiger partial charge in [0.15, 0.2) is 0 Å². The molecule has 1 fully saturated rings. The van der Waals surface area contributed by atoms with Crippen LogP contribution in [0.15, 0.2) is 4.52 Å². The van der Waals surface area contributed by atoms with Gasteiger partial charge < -0.3 is 14.7 Å². The number of hydrogen-bond acceptors (Lipinski definition) is 5. The molecule has 1 aliphatic rings. The lowest BCUT2D eigenvalue weighted by molar-refractivity contribution is -0.133. The maximum Gasteiger partial charge on any atom is 0.222 e. The largest absolute Gasteiger partial charge is 0.361 e. The monoisotopic (exact) mass is 366 g/mol. The Morgan fingerprint density at radius 2 is 1.87 bits per heavy atom. The molecule has 0 aliphatic carbocycles. The Morgan fingerprint density at radius 3 is 2.39 bits per heavy atom. The van der Waals surface area contributed by atoms with Crippen molar-refractivity contribution < 1.29 is 9.32 Å². The first-order valence-electron chi connectivity index (χ1n) is 7.68. The van der Waals surface area contributed by atoms with Gasteiger partial charge in [0.25, 0.3) is 0 Å². The van der Waals surface area contributed by atoms with E-state index in [0.29, 0.717) is 6.42 Å². The molecule has 134 valence electrons. The lowest BCUT2D eigenvalue weighted by Crippen LogP contribution is -2.48. The molecule has 0 aromatic carbocycles. The third kappa shape index (κ3) is 6.30. The van der Waals surface area contributed by atoms with E-state index in [4.69, 9.17) is 4.52 Å². The molecule has 1 aliphatic heterocycles. The highest BCUT2D eigenvalue weighted by Crippen LogP contribution is 2.16. The number of nitrogens with zero attached hydrogens (tertiary/aromatic N) is 3. The van der Waals surface area contributed by atoms with Gasteiger partial charge in [-0.3, -0.25) is 9.69 Å². The zero-order valence-corrected chi connectivity index (χ0v) is 15.8. The maximum absolute atomic E-state index is 12.1. The van der Waals surface area contributed by atoms with Crippen molar-refractivity contribution in [3.05, 3.63) is 17.0 Å². The Hall–Kier alpha value is -0.820.